The van der Waals surface area contributed by atoms with Gasteiger partial charge in [0.05, 0.1) is 6.10 Å². The van der Waals surface area contributed by atoms with Crippen LogP contribution < -0.4 is 0 Å². The third-order valence-corrected chi connectivity index (χ3v) is 4.33. The van der Waals surface area contributed by atoms with Gasteiger partial charge in [0.15, 0.2) is 0 Å². The van der Waals surface area contributed by atoms with Crippen LogP contribution in [0.2, 0.25) is 5.02 Å². The lowest BCUT2D eigenvalue weighted by Crippen LogP contribution is -2.27. The van der Waals surface area contributed by atoms with Crippen LogP contribution in [0.4, 0.5) is 4.39 Å². The summed E-state index contributed by atoms with van der Waals surface area (Å²) >= 11 is 6.03. The number of benzene rings is 1. The van der Waals surface area contributed by atoms with Gasteiger partial charge in [0.25, 0.3) is 0 Å². The quantitative estimate of drug-likeness (QED) is 0.872. The Labute approximate surface area is 113 Å². The van der Waals surface area contributed by atoms with E-state index in [1.807, 2.05) is 0 Å². The summed E-state index contributed by atoms with van der Waals surface area (Å²) in [6, 6.07) is 4.33. The van der Waals surface area contributed by atoms with E-state index in [-0.39, 0.29) is 5.82 Å². The molecule has 1 aromatic carbocycles. The predicted molar refractivity (Wildman–Crippen MR) is 72.2 cm³/mol. The maximum absolute atomic E-state index is 13.2. The Bertz CT molecular complexity index is 407. The molecule has 0 saturated heterocycles. The van der Waals surface area contributed by atoms with Crippen LogP contribution in [0, 0.1) is 17.7 Å². The summed E-state index contributed by atoms with van der Waals surface area (Å²) < 4.78 is 13.2. The summed E-state index contributed by atoms with van der Waals surface area (Å²) in [4.78, 5) is 0. The van der Waals surface area contributed by atoms with Crippen LogP contribution in [0.15, 0.2) is 18.2 Å². The van der Waals surface area contributed by atoms with Crippen molar-refractivity contribution >= 4 is 11.6 Å². The van der Waals surface area contributed by atoms with Crippen molar-refractivity contribution in [3.63, 3.8) is 0 Å². The second-order valence-corrected chi connectivity index (χ2v) is 5.95. The van der Waals surface area contributed by atoms with E-state index in [2.05, 4.69) is 6.92 Å². The molecule has 1 saturated carbocycles. The summed E-state index contributed by atoms with van der Waals surface area (Å²) in [5.41, 5.74) is 0.711. The molecule has 2 rings (SSSR count). The molecule has 0 spiro atoms. The molecular formula is C15H20ClFO. The highest BCUT2D eigenvalue weighted by Gasteiger charge is 2.25. The SMILES string of the molecule is CC1CCCC(C(O)Cc2cc(F)ccc2Cl)C1. The molecule has 18 heavy (non-hydrogen) atoms. The monoisotopic (exact) mass is 270 g/mol. The third-order valence-electron chi connectivity index (χ3n) is 3.96. The first kappa shape index (κ1) is 13.8. The van der Waals surface area contributed by atoms with Gasteiger partial charge in [-0.2, -0.15) is 0 Å². The second-order valence-electron chi connectivity index (χ2n) is 5.54. The summed E-state index contributed by atoms with van der Waals surface area (Å²) in [5, 5.41) is 10.8. The normalized spacial score (nSPS) is 26.0. The average Bonchev–Trinajstić information content (AvgIpc) is 2.34. The second kappa shape index (κ2) is 6.03. The Hall–Kier alpha value is -0.600. The molecule has 100 valence electrons. The van der Waals surface area contributed by atoms with Gasteiger partial charge in [0.1, 0.15) is 5.82 Å². The summed E-state index contributed by atoms with van der Waals surface area (Å²) in [6.07, 6.45) is 4.61. The van der Waals surface area contributed by atoms with Crippen molar-refractivity contribution in [2.24, 2.45) is 11.8 Å². The summed E-state index contributed by atoms with van der Waals surface area (Å²) in [7, 11) is 0. The maximum Gasteiger partial charge on any atom is 0.123 e. The van der Waals surface area contributed by atoms with Crippen molar-refractivity contribution in [2.45, 2.75) is 45.1 Å². The van der Waals surface area contributed by atoms with Crippen LogP contribution in [0.1, 0.15) is 38.2 Å². The van der Waals surface area contributed by atoms with Gasteiger partial charge in [-0.1, -0.05) is 31.4 Å². The Morgan fingerprint density at radius 2 is 2.22 bits per heavy atom. The van der Waals surface area contributed by atoms with Gasteiger partial charge in [-0.15, -0.1) is 0 Å². The lowest BCUT2D eigenvalue weighted by atomic mass is 9.78. The van der Waals surface area contributed by atoms with Crippen LogP contribution in [-0.2, 0) is 6.42 Å². The van der Waals surface area contributed by atoms with E-state index in [0.717, 1.165) is 12.8 Å². The predicted octanol–water partition coefficient (Wildman–Crippen LogP) is 4.21. The molecule has 1 nitrogen and oxygen atoms in total. The molecule has 0 aromatic heterocycles. The number of halogens is 2. The van der Waals surface area contributed by atoms with E-state index in [0.29, 0.717) is 28.8 Å². The first-order valence-electron chi connectivity index (χ1n) is 6.68. The molecule has 0 heterocycles. The fourth-order valence-corrected chi connectivity index (χ4v) is 3.12. The minimum Gasteiger partial charge on any atom is -0.392 e. The number of hydrogen-bond acceptors (Lipinski definition) is 1. The minimum atomic E-state index is -0.410. The Kier molecular flexibility index (Phi) is 4.63. The third kappa shape index (κ3) is 3.46. The molecule has 0 radical (unpaired) electrons. The first-order chi connectivity index (χ1) is 8.56. The highest BCUT2D eigenvalue weighted by Crippen LogP contribution is 2.32. The number of aliphatic hydroxyl groups excluding tert-OH is 1. The van der Waals surface area contributed by atoms with Crippen molar-refractivity contribution in [1.82, 2.24) is 0 Å². The molecule has 0 amide bonds. The molecule has 1 aliphatic rings. The van der Waals surface area contributed by atoms with Gasteiger partial charge >= 0.3 is 0 Å². The van der Waals surface area contributed by atoms with Gasteiger partial charge in [0, 0.05) is 11.4 Å². The van der Waals surface area contributed by atoms with E-state index >= 15 is 0 Å². The fourth-order valence-electron chi connectivity index (χ4n) is 2.92. The first-order valence-corrected chi connectivity index (χ1v) is 7.06. The highest BCUT2D eigenvalue weighted by molar-refractivity contribution is 6.31. The smallest absolute Gasteiger partial charge is 0.123 e. The molecular weight excluding hydrogens is 251 g/mol. The molecule has 3 atom stereocenters. The zero-order chi connectivity index (χ0) is 13.1. The standard InChI is InChI=1S/C15H20ClFO/c1-10-3-2-4-11(7-10)15(18)9-12-8-13(17)5-6-14(12)16/h5-6,8,10-11,15,18H,2-4,7,9H2,1H3. The number of hydrogen-bond donors (Lipinski definition) is 1. The molecule has 0 bridgehead atoms. The van der Waals surface area contributed by atoms with Crippen LogP contribution in [-0.4, -0.2) is 11.2 Å². The van der Waals surface area contributed by atoms with E-state index in [4.69, 9.17) is 11.6 Å². The van der Waals surface area contributed by atoms with E-state index in [1.165, 1.54) is 25.0 Å². The van der Waals surface area contributed by atoms with Gasteiger partial charge < -0.3 is 5.11 Å². The van der Waals surface area contributed by atoms with Gasteiger partial charge in [-0.25, -0.2) is 4.39 Å². The lowest BCUT2D eigenvalue weighted by molar-refractivity contribution is 0.0720. The zero-order valence-corrected chi connectivity index (χ0v) is 11.5. The van der Waals surface area contributed by atoms with Crippen molar-refractivity contribution in [3.8, 4) is 0 Å². The van der Waals surface area contributed by atoms with E-state index < -0.39 is 6.10 Å². The Morgan fingerprint density at radius 1 is 1.44 bits per heavy atom. The molecule has 3 heteroatoms. The average molecular weight is 271 g/mol. The molecule has 0 aliphatic heterocycles. The maximum atomic E-state index is 13.2. The van der Waals surface area contributed by atoms with E-state index in [9.17, 15) is 9.50 Å². The topological polar surface area (TPSA) is 20.2 Å². The summed E-state index contributed by atoms with van der Waals surface area (Å²) in [6.45, 7) is 2.23. The Balaban J connectivity index is 2.01. The Morgan fingerprint density at radius 3 is 2.94 bits per heavy atom. The van der Waals surface area contributed by atoms with Crippen LogP contribution in [0.3, 0.4) is 0 Å². The van der Waals surface area contributed by atoms with E-state index in [1.54, 1.807) is 6.07 Å². The highest BCUT2D eigenvalue weighted by atomic mass is 35.5. The van der Waals surface area contributed by atoms with Gasteiger partial charge in [-0.05, 0) is 48.4 Å². The zero-order valence-electron chi connectivity index (χ0n) is 10.7. The van der Waals surface area contributed by atoms with Crippen molar-refractivity contribution in [1.29, 1.82) is 0 Å². The van der Waals surface area contributed by atoms with Crippen molar-refractivity contribution in [3.05, 3.63) is 34.6 Å². The lowest BCUT2D eigenvalue weighted by Gasteiger charge is -2.30. The largest absolute Gasteiger partial charge is 0.392 e. The molecule has 1 N–H and O–H groups in total. The van der Waals surface area contributed by atoms with Crippen LogP contribution in [0.25, 0.3) is 0 Å². The fraction of sp³-hybridized carbons (Fsp3) is 0.600. The van der Waals surface area contributed by atoms with Gasteiger partial charge in [-0.3, -0.25) is 0 Å². The van der Waals surface area contributed by atoms with Crippen molar-refractivity contribution < 1.29 is 9.50 Å². The molecule has 3 unspecified atom stereocenters. The number of aliphatic hydroxyl groups is 1. The van der Waals surface area contributed by atoms with Crippen molar-refractivity contribution in [2.75, 3.05) is 0 Å². The van der Waals surface area contributed by atoms with Crippen LogP contribution >= 0.6 is 11.6 Å². The summed E-state index contributed by atoms with van der Waals surface area (Å²) in [5.74, 6) is 0.716. The van der Waals surface area contributed by atoms with Crippen LogP contribution in [0.5, 0.6) is 0 Å². The minimum absolute atomic E-state index is 0.293. The number of rotatable bonds is 3. The molecule has 1 fully saturated rings. The molecule has 1 aliphatic carbocycles. The van der Waals surface area contributed by atoms with Gasteiger partial charge in [0.2, 0.25) is 0 Å². The molecule has 1 aromatic rings.